The van der Waals surface area contributed by atoms with Crippen molar-refractivity contribution >= 4 is 22.3 Å². The van der Waals surface area contributed by atoms with Crippen LogP contribution in [-0.4, -0.2) is 23.6 Å². The average molecular weight is 303 g/mol. The Bertz CT molecular complexity index is 708. The molecule has 0 saturated carbocycles. The Balaban J connectivity index is 2.80. The Morgan fingerprint density at radius 2 is 2.00 bits per heavy atom. The van der Waals surface area contributed by atoms with Gasteiger partial charge in [0.05, 0.1) is 17.0 Å². The first-order chi connectivity index (χ1) is 10.3. The lowest BCUT2D eigenvalue weighted by Crippen LogP contribution is -2.25. The third kappa shape index (κ3) is 2.87. The number of aromatic nitrogens is 1. The maximum absolute atomic E-state index is 11.6. The highest BCUT2D eigenvalue weighted by molar-refractivity contribution is 5.95. The first kappa shape index (κ1) is 16.2. The fourth-order valence-corrected chi connectivity index (χ4v) is 2.59. The van der Waals surface area contributed by atoms with Crippen LogP contribution in [0.15, 0.2) is 24.3 Å². The molecule has 2 aromatic rings. The molecular formula is C16H21N3O3. The van der Waals surface area contributed by atoms with Crippen molar-refractivity contribution in [1.82, 2.24) is 4.98 Å². The van der Waals surface area contributed by atoms with E-state index in [1.54, 1.807) is 19.2 Å². The van der Waals surface area contributed by atoms with Crippen molar-refractivity contribution in [3.8, 4) is 0 Å². The number of ether oxygens (including phenoxy) is 1. The normalized spacial score (nSPS) is 13.3. The molecule has 2 N–H and O–H groups in total. The summed E-state index contributed by atoms with van der Waals surface area (Å²) in [7, 11) is 1.58. The van der Waals surface area contributed by atoms with E-state index in [1.165, 1.54) is 0 Å². The fourth-order valence-electron chi connectivity index (χ4n) is 2.59. The molecule has 0 fully saturated rings. The van der Waals surface area contributed by atoms with Gasteiger partial charge in [-0.2, -0.15) is 0 Å². The van der Waals surface area contributed by atoms with E-state index >= 15 is 0 Å². The molecule has 0 aliphatic heterocycles. The zero-order chi connectivity index (χ0) is 16.5. The summed E-state index contributed by atoms with van der Waals surface area (Å²) < 4.78 is 5.27. The van der Waals surface area contributed by atoms with Crippen LogP contribution in [-0.2, 0) is 4.74 Å². The van der Waals surface area contributed by atoms with Gasteiger partial charge in [0.2, 0.25) is 0 Å². The number of anilines is 1. The van der Waals surface area contributed by atoms with Gasteiger partial charge < -0.3 is 10.5 Å². The molecule has 0 aliphatic rings. The van der Waals surface area contributed by atoms with Crippen LogP contribution in [0.2, 0.25) is 0 Å². The zero-order valence-corrected chi connectivity index (χ0v) is 13.3. The van der Waals surface area contributed by atoms with Gasteiger partial charge >= 0.3 is 5.69 Å². The Kier molecular flexibility index (Phi) is 4.32. The van der Waals surface area contributed by atoms with Crippen LogP contribution in [0.3, 0.4) is 0 Å². The predicted octanol–water partition coefficient (Wildman–Crippen LogP) is 3.50. The highest BCUT2D eigenvalue weighted by Gasteiger charge is 2.35. The molecule has 1 aromatic carbocycles. The van der Waals surface area contributed by atoms with E-state index in [4.69, 9.17) is 10.5 Å². The number of hydrogen-bond acceptors (Lipinski definition) is 5. The van der Waals surface area contributed by atoms with Crippen molar-refractivity contribution in [2.45, 2.75) is 26.7 Å². The number of nitrogens with two attached hydrogens (primary N) is 1. The van der Waals surface area contributed by atoms with Gasteiger partial charge in [-0.05, 0) is 11.5 Å². The molecule has 6 nitrogen and oxygen atoms in total. The predicted molar refractivity (Wildman–Crippen MR) is 86.9 cm³/mol. The molecule has 1 aromatic heterocycles. The third-order valence-corrected chi connectivity index (χ3v) is 3.82. The number of nitrogens with zero attached hydrogens (tertiary/aromatic N) is 2. The third-order valence-electron chi connectivity index (χ3n) is 3.82. The van der Waals surface area contributed by atoms with Crippen molar-refractivity contribution in [2.24, 2.45) is 5.41 Å². The molecule has 2 rings (SSSR count). The molecule has 0 unspecified atom stereocenters. The minimum atomic E-state index is -0.446. The Morgan fingerprint density at radius 1 is 1.36 bits per heavy atom. The van der Waals surface area contributed by atoms with E-state index in [0.29, 0.717) is 23.2 Å². The van der Waals surface area contributed by atoms with Crippen molar-refractivity contribution in [2.75, 3.05) is 19.5 Å². The van der Waals surface area contributed by atoms with E-state index in [-0.39, 0.29) is 22.7 Å². The average Bonchev–Trinajstić information content (AvgIpc) is 2.43. The maximum atomic E-state index is 11.6. The van der Waals surface area contributed by atoms with Crippen molar-refractivity contribution in [1.29, 1.82) is 0 Å². The summed E-state index contributed by atoms with van der Waals surface area (Å²) in [6.07, 6.45) is 0. The number of nitro groups is 1. The van der Waals surface area contributed by atoms with Crippen molar-refractivity contribution in [3.05, 3.63) is 40.1 Å². The summed E-state index contributed by atoms with van der Waals surface area (Å²) >= 11 is 0. The molecular weight excluding hydrogens is 282 g/mol. The van der Waals surface area contributed by atoms with Gasteiger partial charge in [0.1, 0.15) is 11.4 Å². The Labute approximate surface area is 129 Å². The van der Waals surface area contributed by atoms with E-state index < -0.39 is 4.92 Å². The molecule has 1 atom stereocenters. The van der Waals surface area contributed by atoms with Crippen LogP contribution in [0.5, 0.6) is 0 Å². The van der Waals surface area contributed by atoms with Gasteiger partial charge in [-0.1, -0.05) is 39.0 Å². The minimum absolute atomic E-state index is 0.115. The lowest BCUT2D eigenvalue weighted by molar-refractivity contribution is -0.385. The first-order valence-corrected chi connectivity index (χ1v) is 7.08. The van der Waals surface area contributed by atoms with Crippen LogP contribution < -0.4 is 5.73 Å². The van der Waals surface area contributed by atoms with Gasteiger partial charge in [0.15, 0.2) is 0 Å². The first-order valence-electron chi connectivity index (χ1n) is 7.08. The molecule has 0 radical (unpaired) electrons. The number of rotatable bonds is 4. The van der Waals surface area contributed by atoms with Gasteiger partial charge in [0, 0.05) is 18.4 Å². The lowest BCUT2D eigenvalue weighted by Gasteiger charge is -2.29. The Morgan fingerprint density at radius 3 is 2.55 bits per heavy atom. The van der Waals surface area contributed by atoms with E-state index in [9.17, 15) is 10.1 Å². The van der Waals surface area contributed by atoms with E-state index in [1.807, 2.05) is 32.9 Å². The highest BCUT2D eigenvalue weighted by Crippen LogP contribution is 2.42. The van der Waals surface area contributed by atoms with Gasteiger partial charge in [-0.3, -0.25) is 10.1 Å². The van der Waals surface area contributed by atoms with Crippen LogP contribution >= 0.6 is 0 Å². The summed E-state index contributed by atoms with van der Waals surface area (Å²) in [5, 5.41) is 12.2. The fraction of sp³-hybridized carbons (Fsp3) is 0.438. The molecule has 1 heterocycles. The summed E-state index contributed by atoms with van der Waals surface area (Å²) in [4.78, 5) is 15.7. The number of hydrogen-bond donors (Lipinski definition) is 1. The van der Waals surface area contributed by atoms with Gasteiger partial charge in [0.25, 0.3) is 0 Å². The number of benzene rings is 1. The highest BCUT2D eigenvalue weighted by atomic mass is 16.6. The quantitative estimate of drug-likeness (QED) is 0.689. The summed E-state index contributed by atoms with van der Waals surface area (Å²) in [6.45, 7) is 6.36. The number of fused-ring (bicyclic) bond motifs is 1. The molecule has 0 saturated heterocycles. The number of methoxy groups -OCH3 is 1. The number of nitrogen functional groups attached to an aromatic ring is 1. The summed E-state index contributed by atoms with van der Waals surface area (Å²) in [5.41, 5.74) is 6.92. The molecule has 0 amide bonds. The smallest absolute Gasteiger partial charge is 0.314 e. The second kappa shape index (κ2) is 5.88. The maximum Gasteiger partial charge on any atom is 0.314 e. The topological polar surface area (TPSA) is 91.3 Å². The molecule has 0 spiro atoms. The van der Waals surface area contributed by atoms with E-state index in [0.717, 1.165) is 0 Å². The molecule has 118 valence electrons. The minimum Gasteiger partial charge on any atom is -0.393 e. The largest absolute Gasteiger partial charge is 0.393 e. The molecule has 22 heavy (non-hydrogen) atoms. The van der Waals surface area contributed by atoms with Crippen LogP contribution in [0.4, 0.5) is 11.4 Å². The van der Waals surface area contributed by atoms with Crippen molar-refractivity contribution in [3.63, 3.8) is 0 Å². The Hall–Kier alpha value is -2.21. The number of para-hydroxylation sites is 1. The van der Waals surface area contributed by atoms with Gasteiger partial charge in [-0.25, -0.2) is 4.98 Å². The molecule has 6 heteroatoms. The second-order valence-electron chi connectivity index (χ2n) is 6.41. The summed E-state index contributed by atoms with van der Waals surface area (Å²) in [5.74, 6) is -0.232. The van der Waals surface area contributed by atoms with Crippen LogP contribution in [0.1, 0.15) is 32.4 Å². The van der Waals surface area contributed by atoms with Gasteiger partial charge in [-0.15, -0.1) is 0 Å². The second-order valence-corrected chi connectivity index (χ2v) is 6.41. The van der Waals surface area contributed by atoms with Crippen LogP contribution in [0, 0.1) is 15.5 Å². The van der Waals surface area contributed by atoms with Crippen molar-refractivity contribution < 1.29 is 9.66 Å². The monoisotopic (exact) mass is 303 g/mol. The van der Waals surface area contributed by atoms with Crippen LogP contribution in [0.25, 0.3) is 10.9 Å². The number of pyridine rings is 1. The zero-order valence-electron chi connectivity index (χ0n) is 13.3. The standard InChI is InChI=1S/C16H21N3O3/c1-16(2,3)11(9-22-4)14-15(19(20)21)13(17)10-7-5-6-8-12(10)18-14/h5-8,11H,9H2,1-4H3,(H2,17,18)/t11-/m1/s1. The molecule has 0 aliphatic carbocycles. The van der Waals surface area contributed by atoms with E-state index in [2.05, 4.69) is 4.98 Å². The summed E-state index contributed by atoms with van der Waals surface area (Å²) in [6, 6.07) is 7.19. The SMILES string of the molecule is COC[C@H](c1nc2ccccc2c(N)c1[N+](=O)[O-])C(C)(C)C. The molecule has 0 bridgehead atoms. The lowest BCUT2D eigenvalue weighted by atomic mass is 9.78.